The second-order valence-corrected chi connectivity index (χ2v) is 4.79. The monoisotopic (exact) mass is 251 g/mol. The van der Waals surface area contributed by atoms with Crippen LogP contribution in [0.3, 0.4) is 0 Å². The van der Waals surface area contributed by atoms with Gasteiger partial charge >= 0.3 is 0 Å². The molecule has 2 nitrogen and oxygen atoms in total. The molecule has 2 aromatic rings. The summed E-state index contributed by atoms with van der Waals surface area (Å²) >= 11 is 7.27. The second kappa shape index (κ2) is 4.28. The zero-order valence-electron chi connectivity index (χ0n) is 8.66. The minimum Gasteiger partial charge on any atom is -0.398 e. The van der Waals surface area contributed by atoms with E-state index < -0.39 is 0 Å². The number of anilines is 1. The van der Waals surface area contributed by atoms with Crippen molar-refractivity contribution in [1.82, 2.24) is 0 Å². The Labute approximate surface area is 103 Å². The number of aryl methyl sites for hydroxylation is 1. The first-order valence-electron chi connectivity index (χ1n) is 4.74. The van der Waals surface area contributed by atoms with Gasteiger partial charge in [0.15, 0.2) is 0 Å². The van der Waals surface area contributed by atoms with Gasteiger partial charge in [0.1, 0.15) is 0 Å². The van der Waals surface area contributed by atoms with Crippen LogP contribution in [0.2, 0.25) is 5.02 Å². The predicted molar refractivity (Wildman–Crippen MR) is 68.4 cm³/mol. The zero-order valence-corrected chi connectivity index (χ0v) is 10.2. The summed E-state index contributed by atoms with van der Waals surface area (Å²) in [6.45, 7) is 1.87. The van der Waals surface area contributed by atoms with Crippen molar-refractivity contribution in [2.45, 2.75) is 6.92 Å². The number of ketones is 1. The van der Waals surface area contributed by atoms with E-state index in [0.717, 1.165) is 5.56 Å². The summed E-state index contributed by atoms with van der Waals surface area (Å²) in [6.07, 6.45) is 0. The maximum atomic E-state index is 12.2. The van der Waals surface area contributed by atoms with Crippen molar-refractivity contribution in [2.75, 3.05) is 5.73 Å². The molecule has 0 aliphatic rings. The molecule has 2 N–H and O–H groups in total. The van der Waals surface area contributed by atoms with Crippen molar-refractivity contribution < 1.29 is 4.79 Å². The number of rotatable bonds is 2. The lowest BCUT2D eigenvalue weighted by Gasteiger charge is -2.07. The molecule has 1 aromatic carbocycles. The van der Waals surface area contributed by atoms with E-state index in [1.165, 1.54) is 11.3 Å². The van der Waals surface area contributed by atoms with Gasteiger partial charge < -0.3 is 5.73 Å². The average molecular weight is 252 g/mol. The maximum absolute atomic E-state index is 12.2. The molecule has 0 atom stereocenters. The van der Waals surface area contributed by atoms with Gasteiger partial charge in [-0.05, 0) is 30.0 Å². The molecular weight excluding hydrogens is 242 g/mol. The molecule has 82 valence electrons. The first-order chi connectivity index (χ1) is 7.61. The van der Waals surface area contributed by atoms with E-state index in [1.54, 1.807) is 17.5 Å². The SMILES string of the molecule is Cc1cccc(N)c1C(=O)c1sccc1Cl. The molecule has 16 heavy (non-hydrogen) atoms. The molecule has 0 saturated carbocycles. The molecule has 0 bridgehead atoms. The lowest BCUT2D eigenvalue weighted by molar-refractivity contribution is 0.104. The first-order valence-corrected chi connectivity index (χ1v) is 6.00. The van der Waals surface area contributed by atoms with Crippen molar-refractivity contribution in [3.63, 3.8) is 0 Å². The Balaban J connectivity index is 2.54. The Kier molecular flexibility index (Phi) is 2.99. The van der Waals surface area contributed by atoms with Gasteiger partial charge in [0, 0.05) is 11.3 Å². The fourth-order valence-electron chi connectivity index (χ4n) is 1.57. The summed E-state index contributed by atoms with van der Waals surface area (Å²) in [6, 6.07) is 7.14. The van der Waals surface area contributed by atoms with Crippen molar-refractivity contribution >= 4 is 34.4 Å². The second-order valence-electron chi connectivity index (χ2n) is 3.47. The van der Waals surface area contributed by atoms with Gasteiger partial charge in [0.25, 0.3) is 0 Å². The van der Waals surface area contributed by atoms with Crippen LogP contribution in [0.15, 0.2) is 29.6 Å². The van der Waals surface area contributed by atoms with Crippen LogP contribution in [0.4, 0.5) is 5.69 Å². The predicted octanol–water partition coefficient (Wildman–Crippen LogP) is 3.52. The van der Waals surface area contributed by atoms with Crippen molar-refractivity contribution in [1.29, 1.82) is 0 Å². The Hall–Kier alpha value is -1.32. The topological polar surface area (TPSA) is 43.1 Å². The van der Waals surface area contributed by atoms with Gasteiger partial charge in [-0.1, -0.05) is 23.7 Å². The van der Waals surface area contributed by atoms with Gasteiger partial charge in [0.05, 0.1) is 9.90 Å². The van der Waals surface area contributed by atoms with E-state index in [0.29, 0.717) is 21.2 Å². The molecule has 0 aliphatic heterocycles. The molecule has 0 saturated heterocycles. The van der Waals surface area contributed by atoms with Gasteiger partial charge in [-0.15, -0.1) is 11.3 Å². The quantitative estimate of drug-likeness (QED) is 0.656. The Morgan fingerprint density at radius 1 is 1.38 bits per heavy atom. The molecule has 1 heterocycles. The van der Waals surface area contributed by atoms with E-state index >= 15 is 0 Å². The van der Waals surface area contributed by atoms with E-state index in [2.05, 4.69) is 0 Å². The number of thiophene rings is 1. The fraction of sp³-hybridized carbons (Fsp3) is 0.0833. The Morgan fingerprint density at radius 2 is 2.12 bits per heavy atom. The maximum Gasteiger partial charge on any atom is 0.206 e. The zero-order chi connectivity index (χ0) is 11.7. The van der Waals surface area contributed by atoms with Crippen LogP contribution in [-0.4, -0.2) is 5.78 Å². The number of nitrogen functional groups attached to an aromatic ring is 1. The van der Waals surface area contributed by atoms with Crippen molar-refractivity contribution in [2.24, 2.45) is 0 Å². The molecule has 4 heteroatoms. The summed E-state index contributed by atoms with van der Waals surface area (Å²) in [5.74, 6) is -0.101. The number of benzene rings is 1. The standard InChI is InChI=1S/C12H10ClNOS/c1-7-3-2-4-9(14)10(7)11(15)12-8(13)5-6-16-12/h2-6H,14H2,1H3. The molecule has 0 spiro atoms. The van der Waals surface area contributed by atoms with E-state index in [1.807, 2.05) is 19.1 Å². The number of hydrogen-bond acceptors (Lipinski definition) is 3. The van der Waals surface area contributed by atoms with Crippen LogP contribution in [0.25, 0.3) is 0 Å². The summed E-state index contributed by atoms with van der Waals surface area (Å²) < 4.78 is 0. The van der Waals surface area contributed by atoms with E-state index in [-0.39, 0.29) is 5.78 Å². The van der Waals surface area contributed by atoms with Gasteiger partial charge in [-0.3, -0.25) is 4.79 Å². The highest BCUT2D eigenvalue weighted by Gasteiger charge is 2.18. The van der Waals surface area contributed by atoms with E-state index in [4.69, 9.17) is 17.3 Å². The summed E-state index contributed by atoms with van der Waals surface area (Å²) in [4.78, 5) is 12.8. The Bertz CT molecular complexity index is 527. The normalized spacial score (nSPS) is 10.4. The number of carbonyl (C=O) groups excluding carboxylic acids is 1. The van der Waals surface area contributed by atoms with Gasteiger partial charge in [-0.2, -0.15) is 0 Å². The molecule has 0 unspecified atom stereocenters. The molecular formula is C12H10ClNOS. The number of halogens is 1. The van der Waals surface area contributed by atoms with Gasteiger partial charge in [-0.25, -0.2) is 0 Å². The molecule has 0 radical (unpaired) electrons. The number of carbonyl (C=O) groups is 1. The summed E-state index contributed by atoms with van der Waals surface area (Å²) in [7, 11) is 0. The fourth-order valence-corrected chi connectivity index (χ4v) is 2.66. The van der Waals surface area contributed by atoms with Crippen LogP contribution in [-0.2, 0) is 0 Å². The van der Waals surface area contributed by atoms with Crippen LogP contribution in [0, 0.1) is 6.92 Å². The summed E-state index contributed by atoms with van der Waals surface area (Å²) in [5.41, 5.74) is 7.73. The third-order valence-corrected chi connectivity index (χ3v) is 3.70. The molecule has 0 fully saturated rings. The smallest absolute Gasteiger partial charge is 0.206 e. The number of hydrogen-bond donors (Lipinski definition) is 1. The minimum atomic E-state index is -0.101. The van der Waals surface area contributed by atoms with Crippen molar-refractivity contribution in [3.8, 4) is 0 Å². The van der Waals surface area contributed by atoms with Gasteiger partial charge in [0.2, 0.25) is 5.78 Å². The molecule has 1 aromatic heterocycles. The largest absolute Gasteiger partial charge is 0.398 e. The van der Waals surface area contributed by atoms with Crippen molar-refractivity contribution in [3.05, 3.63) is 50.7 Å². The number of nitrogens with two attached hydrogens (primary N) is 1. The highest BCUT2D eigenvalue weighted by Crippen LogP contribution is 2.28. The van der Waals surface area contributed by atoms with Crippen LogP contribution in [0.1, 0.15) is 20.8 Å². The lowest BCUT2D eigenvalue weighted by atomic mass is 10.0. The average Bonchev–Trinajstić information content (AvgIpc) is 2.64. The lowest BCUT2D eigenvalue weighted by Crippen LogP contribution is -2.06. The molecule has 0 aliphatic carbocycles. The van der Waals surface area contributed by atoms with E-state index in [9.17, 15) is 4.79 Å². The van der Waals surface area contributed by atoms with Crippen LogP contribution in [0.5, 0.6) is 0 Å². The first kappa shape index (κ1) is 11.2. The van der Waals surface area contributed by atoms with Crippen LogP contribution < -0.4 is 5.73 Å². The third-order valence-electron chi connectivity index (χ3n) is 2.36. The summed E-state index contributed by atoms with van der Waals surface area (Å²) in [5, 5.41) is 2.28. The molecule has 0 amide bonds. The Morgan fingerprint density at radius 3 is 2.69 bits per heavy atom. The minimum absolute atomic E-state index is 0.101. The highest BCUT2D eigenvalue weighted by atomic mass is 35.5. The highest BCUT2D eigenvalue weighted by molar-refractivity contribution is 7.13. The molecule has 2 rings (SSSR count). The van der Waals surface area contributed by atoms with Crippen LogP contribution >= 0.6 is 22.9 Å². The third kappa shape index (κ3) is 1.84.